The summed E-state index contributed by atoms with van der Waals surface area (Å²) in [7, 11) is 1.73. The molecule has 0 amide bonds. The van der Waals surface area contributed by atoms with Gasteiger partial charge in [-0.3, -0.25) is 0 Å². The molecule has 0 radical (unpaired) electrons. The summed E-state index contributed by atoms with van der Waals surface area (Å²) in [6.45, 7) is 7.35. The molecule has 1 aliphatic rings. The van der Waals surface area contributed by atoms with E-state index in [1.54, 1.807) is 7.11 Å². The second-order valence-electron chi connectivity index (χ2n) is 4.76. The van der Waals surface area contributed by atoms with Gasteiger partial charge in [0.1, 0.15) is 0 Å². The van der Waals surface area contributed by atoms with E-state index in [0.29, 0.717) is 6.04 Å². The number of hydrogen-bond acceptors (Lipinski definition) is 2. The average molecular weight is 244 g/mol. The Morgan fingerprint density at radius 3 is 2.88 bits per heavy atom. The first-order chi connectivity index (χ1) is 7.65. The van der Waals surface area contributed by atoms with Crippen molar-refractivity contribution in [3.63, 3.8) is 0 Å². The highest BCUT2D eigenvalue weighted by Gasteiger charge is 2.24. The molecule has 1 heterocycles. The predicted molar refractivity (Wildman–Crippen MR) is 71.7 cm³/mol. The molecule has 0 aliphatic carbocycles. The smallest absolute Gasteiger partial charge is 0.169 e. The monoisotopic (exact) mass is 244 g/mol. The molecule has 0 saturated carbocycles. The van der Waals surface area contributed by atoms with Crippen LogP contribution in [0, 0.1) is 5.92 Å². The molecule has 0 aromatic carbocycles. The van der Waals surface area contributed by atoms with Crippen molar-refractivity contribution in [3.05, 3.63) is 0 Å². The number of rotatable bonds is 4. The Hall–Kier alpha value is -0.350. The van der Waals surface area contributed by atoms with Crippen molar-refractivity contribution in [2.24, 2.45) is 5.92 Å². The number of thiocarbonyl (C=S) groups is 1. The summed E-state index contributed by atoms with van der Waals surface area (Å²) < 4.78 is 5.01. The zero-order chi connectivity index (χ0) is 12.0. The third kappa shape index (κ3) is 4.26. The lowest BCUT2D eigenvalue weighted by Gasteiger charge is -2.38. The topological polar surface area (TPSA) is 24.5 Å². The summed E-state index contributed by atoms with van der Waals surface area (Å²) in [6.07, 6.45) is 3.58. The van der Waals surface area contributed by atoms with Crippen LogP contribution in [0.4, 0.5) is 0 Å². The molecule has 2 unspecified atom stereocenters. The van der Waals surface area contributed by atoms with Crippen LogP contribution in [0.3, 0.4) is 0 Å². The fourth-order valence-corrected chi connectivity index (χ4v) is 2.44. The molecule has 1 fully saturated rings. The molecular weight excluding hydrogens is 220 g/mol. The maximum absolute atomic E-state index is 5.43. The van der Waals surface area contributed by atoms with Crippen LogP contribution >= 0.6 is 12.2 Å². The molecule has 1 rings (SSSR count). The van der Waals surface area contributed by atoms with Crippen molar-refractivity contribution in [3.8, 4) is 0 Å². The summed E-state index contributed by atoms with van der Waals surface area (Å²) in [6, 6.07) is 0.582. The maximum atomic E-state index is 5.43. The number of methoxy groups -OCH3 is 1. The van der Waals surface area contributed by atoms with Gasteiger partial charge in [0, 0.05) is 32.8 Å². The number of hydrogen-bond donors (Lipinski definition) is 1. The molecule has 4 heteroatoms. The summed E-state index contributed by atoms with van der Waals surface area (Å²) in [5.74, 6) is 0.759. The molecule has 0 spiro atoms. The van der Waals surface area contributed by atoms with Gasteiger partial charge in [0.25, 0.3) is 0 Å². The van der Waals surface area contributed by atoms with Crippen LogP contribution in [0.1, 0.15) is 33.1 Å². The minimum absolute atomic E-state index is 0.582. The molecule has 94 valence electrons. The Labute approximate surface area is 105 Å². The van der Waals surface area contributed by atoms with Gasteiger partial charge >= 0.3 is 0 Å². The Morgan fingerprint density at radius 1 is 1.44 bits per heavy atom. The quantitative estimate of drug-likeness (QED) is 0.604. The van der Waals surface area contributed by atoms with Crippen LogP contribution < -0.4 is 5.32 Å². The molecule has 16 heavy (non-hydrogen) atoms. The number of nitrogens with zero attached hydrogens (tertiary/aromatic N) is 1. The van der Waals surface area contributed by atoms with E-state index in [9.17, 15) is 0 Å². The average Bonchev–Trinajstić information content (AvgIpc) is 2.27. The summed E-state index contributed by atoms with van der Waals surface area (Å²) in [5.41, 5.74) is 0. The Bertz CT molecular complexity index is 223. The number of nitrogens with one attached hydrogen (secondary N) is 1. The zero-order valence-electron chi connectivity index (χ0n) is 10.7. The highest BCUT2D eigenvalue weighted by molar-refractivity contribution is 7.80. The third-order valence-corrected chi connectivity index (χ3v) is 3.56. The third-order valence-electron chi connectivity index (χ3n) is 3.18. The Kier molecular flexibility index (Phi) is 6.06. The largest absolute Gasteiger partial charge is 0.385 e. The fourth-order valence-electron chi connectivity index (χ4n) is 2.09. The van der Waals surface area contributed by atoms with Crippen molar-refractivity contribution in [1.82, 2.24) is 10.2 Å². The van der Waals surface area contributed by atoms with Crippen molar-refractivity contribution >= 4 is 17.3 Å². The molecule has 0 aromatic heterocycles. The van der Waals surface area contributed by atoms with Crippen LogP contribution in [0.5, 0.6) is 0 Å². The van der Waals surface area contributed by atoms with Gasteiger partial charge in [-0.05, 0) is 44.3 Å². The van der Waals surface area contributed by atoms with Gasteiger partial charge in [0.15, 0.2) is 5.11 Å². The molecule has 1 N–H and O–H groups in total. The van der Waals surface area contributed by atoms with Gasteiger partial charge in [0.05, 0.1) is 0 Å². The lowest BCUT2D eigenvalue weighted by molar-refractivity contribution is 0.192. The molecule has 0 bridgehead atoms. The van der Waals surface area contributed by atoms with Crippen LogP contribution in [-0.4, -0.2) is 42.9 Å². The first kappa shape index (κ1) is 13.7. The van der Waals surface area contributed by atoms with Gasteiger partial charge in [-0.25, -0.2) is 0 Å². The highest BCUT2D eigenvalue weighted by atomic mass is 32.1. The van der Waals surface area contributed by atoms with Crippen LogP contribution in [-0.2, 0) is 4.74 Å². The lowest BCUT2D eigenvalue weighted by atomic mass is 9.95. The zero-order valence-corrected chi connectivity index (χ0v) is 11.5. The van der Waals surface area contributed by atoms with Crippen molar-refractivity contribution in [1.29, 1.82) is 0 Å². The van der Waals surface area contributed by atoms with E-state index < -0.39 is 0 Å². The van der Waals surface area contributed by atoms with Gasteiger partial charge in [-0.15, -0.1) is 0 Å². The van der Waals surface area contributed by atoms with Crippen LogP contribution in [0.15, 0.2) is 0 Å². The second-order valence-corrected chi connectivity index (χ2v) is 5.15. The second kappa shape index (κ2) is 7.07. The normalized spacial score (nSPS) is 25.6. The summed E-state index contributed by atoms with van der Waals surface area (Å²) in [4.78, 5) is 2.33. The van der Waals surface area contributed by atoms with E-state index in [-0.39, 0.29) is 0 Å². The van der Waals surface area contributed by atoms with E-state index in [1.165, 1.54) is 12.8 Å². The molecular formula is C12H24N2OS. The van der Waals surface area contributed by atoms with E-state index in [4.69, 9.17) is 17.0 Å². The minimum Gasteiger partial charge on any atom is -0.385 e. The maximum Gasteiger partial charge on any atom is 0.169 e. The molecule has 2 atom stereocenters. The van der Waals surface area contributed by atoms with E-state index in [0.717, 1.165) is 37.1 Å². The summed E-state index contributed by atoms with van der Waals surface area (Å²) in [5, 5.41) is 4.23. The molecule has 3 nitrogen and oxygen atoms in total. The highest BCUT2D eigenvalue weighted by Crippen LogP contribution is 2.21. The van der Waals surface area contributed by atoms with E-state index >= 15 is 0 Å². The minimum atomic E-state index is 0.582. The van der Waals surface area contributed by atoms with Gasteiger partial charge in [-0.1, -0.05) is 6.92 Å². The first-order valence-corrected chi connectivity index (χ1v) is 6.59. The van der Waals surface area contributed by atoms with Crippen molar-refractivity contribution in [2.45, 2.75) is 39.2 Å². The van der Waals surface area contributed by atoms with Crippen molar-refractivity contribution < 1.29 is 4.74 Å². The number of piperidine rings is 1. The van der Waals surface area contributed by atoms with Gasteiger partial charge in [0.2, 0.25) is 0 Å². The van der Waals surface area contributed by atoms with Gasteiger partial charge < -0.3 is 15.0 Å². The van der Waals surface area contributed by atoms with E-state index in [2.05, 4.69) is 24.1 Å². The number of likely N-dealkylation sites (tertiary alicyclic amines) is 1. The lowest BCUT2D eigenvalue weighted by Crippen LogP contribution is -2.49. The standard InChI is InChI=1S/C12H24N2OS/c1-10-5-6-11(2)14(9-10)12(16)13-7-4-8-15-3/h10-11H,4-9H2,1-3H3,(H,13,16). The fraction of sp³-hybridized carbons (Fsp3) is 0.917. The van der Waals surface area contributed by atoms with Gasteiger partial charge in [-0.2, -0.15) is 0 Å². The Morgan fingerprint density at radius 2 is 2.19 bits per heavy atom. The molecule has 1 aliphatic heterocycles. The molecule has 0 aromatic rings. The van der Waals surface area contributed by atoms with Crippen molar-refractivity contribution in [2.75, 3.05) is 26.8 Å². The predicted octanol–water partition coefficient (Wildman–Crippen LogP) is 2.02. The van der Waals surface area contributed by atoms with E-state index in [1.807, 2.05) is 0 Å². The Balaban J connectivity index is 2.28. The van der Waals surface area contributed by atoms with Crippen LogP contribution in [0.25, 0.3) is 0 Å². The molecule has 1 saturated heterocycles. The summed E-state index contributed by atoms with van der Waals surface area (Å²) >= 11 is 5.43. The number of ether oxygens (including phenoxy) is 1. The first-order valence-electron chi connectivity index (χ1n) is 6.18. The van der Waals surface area contributed by atoms with Crippen LogP contribution in [0.2, 0.25) is 0 Å². The SMILES string of the molecule is COCCCNC(=S)N1CC(C)CCC1C.